The molecule has 6 heteroatoms. The van der Waals surface area contributed by atoms with E-state index in [9.17, 15) is 4.39 Å². The van der Waals surface area contributed by atoms with Crippen LogP contribution in [0.3, 0.4) is 0 Å². The van der Waals surface area contributed by atoms with Gasteiger partial charge in [-0.05, 0) is 49.7 Å². The summed E-state index contributed by atoms with van der Waals surface area (Å²) in [7, 11) is 0. The SMILES string of the molecule is CCN1CCCC1CNC(N)=NCc1cc(F)cc(Br)c1. The van der Waals surface area contributed by atoms with Crippen molar-refractivity contribution in [1.82, 2.24) is 10.2 Å². The number of nitrogens with two attached hydrogens (primary N) is 1. The van der Waals surface area contributed by atoms with E-state index in [1.165, 1.54) is 25.0 Å². The highest BCUT2D eigenvalue weighted by Gasteiger charge is 2.22. The molecule has 1 aromatic rings. The summed E-state index contributed by atoms with van der Waals surface area (Å²) in [6.07, 6.45) is 2.44. The molecular weight excluding hydrogens is 335 g/mol. The molecule has 0 bridgehead atoms. The molecule has 1 heterocycles. The maximum atomic E-state index is 13.3. The van der Waals surface area contributed by atoms with Gasteiger partial charge in [-0.1, -0.05) is 22.9 Å². The average molecular weight is 357 g/mol. The lowest BCUT2D eigenvalue weighted by molar-refractivity contribution is 0.267. The van der Waals surface area contributed by atoms with Gasteiger partial charge in [0.1, 0.15) is 5.82 Å². The van der Waals surface area contributed by atoms with Gasteiger partial charge in [-0.15, -0.1) is 0 Å². The first-order chi connectivity index (χ1) is 10.1. The van der Waals surface area contributed by atoms with Crippen LogP contribution in [0.1, 0.15) is 25.3 Å². The van der Waals surface area contributed by atoms with E-state index in [4.69, 9.17) is 5.73 Å². The lowest BCUT2D eigenvalue weighted by Gasteiger charge is -2.23. The van der Waals surface area contributed by atoms with E-state index in [0.717, 1.165) is 25.2 Å². The maximum absolute atomic E-state index is 13.3. The number of guanidine groups is 1. The number of likely N-dealkylation sites (N-methyl/N-ethyl adjacent to an activating group) is 1. The maximum Gasteiger partial charge on any atom is 0.188 e. The zero-order valence-electron chi connectivity index (χ0n) is 12.3. The molecule has 0 spiro atoms. The summed E-state index contributed by atoms with van der Waals surface area (Å²) in [6.45, 7) is 5.60. The van der Waals surface area contributed by atoms with Gasteiger partial charge >= 0.3 is 0 Å². The van der Waals surface area contributed by atoms with Gasteiger partial charge in [-0.3, -0.25) is 4.90 Å². The Labute approximate surface area is 133 Å². The molecule has 2 rings (SSSR count). The van der Waals surface area contributed by atoms with Crippen molar-refractivity contribution in [1.29, 1.82) is 0 Å². The van der Waals surface area contributed by atoms with Gasteiger partial charge in [-0.25, -0.2) is 9.38 Å². The Morgan fingerprint density at radius 2 is 2.33 bits per heavy atom. The summed E-state index contributed by atoms with van der Waals surface area (Å²) >= 11 is 3.27. The van der Waals surface area contributed by atoms with E-state index in [-0.39, 0.29) is 5.82 Å². The molecule has 1 fully saturated rings. The Morgan fingerprint density at radius 1 is 1.52 bits per heavy atom. The minimum Gasteiger partial charge on any atom is -0.370 e. The minimum atomic E-state index is -0.273. The van der Waals surface area contributed by atoms with E-state index in [0.29, 0.717) is 23.0 Å². The molecule has 1 aliphatic heterocycles. The number of likely N-dealkylation sites (tertiary alicyclic amines) is 1. The van der Waals surface area contributed by atoms with Crippen molar-refractivity contribution in [2.45, 2.75) is 32.4 Å². The van der Waals surface area contributed by atoms with E-state index < -0.39 is 0 Å². The number of rotatable bonds is 5. The minimum absolute atomic E-state index is 0.273. The molecule has 0 amide bonds. The summed E-state index contributed by atoms with van der Waals surface area (Å²) in [4.78, 5) is 6.71. The molecule has 1 atom stereocenters. The first-order valence-electron chi connectivity index (χ1n) is 7.31. The predicted molar refractivity (Wildman–Crippen MR) is 87.7 cm³/mol. The van der Waals surface area contributed by atoms with Crippen molar-refractivity contribution >= 4 is 21.9 Å². The van der Waals surface area contributed by atoms with Crippen LogP contribution in [0.5, 0.6) is 0 Å². The van der Waals surface area contributed by atoms with Crippen molar-refractivity contribution in [3.63, 3.8) is 0 Å². The van der Waals surface area contributed by atoms with Gasteiger partial charge in [0.05, 0.1) is 6.54 Å². The smallest absolute Gasteiger partial charge is 0.188 e. The third-order valence-electron chi connectivity index (χ3n) is 3.78. The number of hydrogen-bond donors (Lipinski definition) is 2. The molecule has 1 unspecified atom stereocenters. The highest BCUT2D eigenvalue weighted by atomic mass is 79.9. The fourth-order valence-electron chi connectivity index (χ4n) is 2.70. The van der Waals surface area contributed by atoms with E-state index in [1.54, 1.807) is 0 Å². The molecule has 1 aromatic carbocycles. The monoisotopic (exact) mass is 356 g/mol. The third kappa shape index (κ3) is 4.97. The Hall–Kier alpha value is -1.14. The number of nitrogens with zero attached hydrogens (tertiary/aromatic N) is 2. The highest BCUT2D eigenvalue weighted by molar-refractivity contribution is 9.10. The van der Waals surface area contributed by atoms with Gasteiger partial charge in [0, 0.05) is 17.1 Å². The molecule has 0 radical (unpaired) electrons. The zero-order chi connectivity index (χ0) is 15.2. The normalized spacial score (nSPS) is 20.0. The number of halogens is 2. The van der Waals surface area contributed by atoms with E-state index >= 15 is 0 Å². The summed E-state index contributed by atoms with van der Waals surface area (Å²) < 4.78 is 14.0. The molecule has 1 saturated heterocycles. The molecule has 0 aromatic heterocycles. The number of hydrogen-bond acceptors (Lipinski definition) is 2. The van der Waals surface area contributed by atoms with Crippen LogP contribution in [0.25, 0.3) is 0 Å². The summed E-state index contributed by atoms with van der Waals surface area (Å²) in [5.74, 6) is 0.143. The first kappa shape index (κ1) is 16.2. The van der Waals surface area contributed by atoms with Gasteiger partial charge in [0.15, 0.2) is 5.96 Å². The number of aliphatic imine (C=N–C) groups is 1. The molecule has 0 aliphatic carbocycles. The Bertz CT molecular complexity index is 486. The number of benzene rings is 1. The van der Waals surface area contributed by atoms with Crippen molar-refractivity contribution in [3.8, 4) is 0 Å². The summed E-state index contributed by atoms with van der Waals surface area (Å²) in [6, 6.07) is 5.27. The largest absolute Gasteiger partial charge is 0.370 e. The van der Waals surface area contributed by atoms with Gasteiger partial charge in [0.2, 0.25) is 0 Å². The predicted octanol–water partition coefficient (Wildman–Crippen LogP) is 2.48. The third-order valence-corrected chi connectivity index (χ3v) is 4.24. The molecule has 21 heavy (non-hydrogen) atoms. The fourth-order valence-corrected chi connectivity index (χ4v) is 3.21. The van der Waals surface area contributed by atoms with Crippen molar-refractivity contribution in [2.24, 2.45) is 10.7 Å². The number of nitrogens with one attached hydrogen (secondary N) is 1. The van der Waals surface area contributed by atoms with E-state index in [2.05, 4.69) is 38.1 Å². The van der Waals surface area contributed by atoms with Crippen molar-refractivity contribution in [3.05, 3.63) is 34.1 Å². The molecule has 4 nitrogen and oxygen atoms in total. The van der Waals surface area contributed by atoms with Crippen LogP contribution >= 0.6 is 15.9 Å². The van der Waals surface area contributed by atoms with Crippen LogP contribution in [0.15, 0.2) is 27.7 Å². The molecule has 0 saturated carbocycles. The van der Waals surface area contributed by atoms with Crippen molar-refractivity contribution in [2.75, 3.05) is 19.6 Å². The quantitative estimate of drug-likeness (QED) is 0.629. The topological polar surface area (TPSA) is 53.6 Å². The molecule has 116 valence electrons. The second-order valence-electron chi connectivity index (χ2n) is 5.28. The lowest BCUT2D eigenvalue weighted by atomic mass is 10.2. The average Bonchev–Trinajstić information content (AvgIpc) is 2.89. The zero-order valence-corrected chi connectivity index (χ0v) is 13.9. The van der Waals surface area contributed by atoms with Gasteiger partial charge in [0.25, 0.3) is 0 Å². The molecule has 1 aliphatic rings. The Balaban J connectivity index is 1.83. The van der Waals surface area contributed by atoms with Crippen LogP contribution in [-0.2, 0) is 6.54 Å². The summed E-state index contributed by atoms with van der Waals surface area (Å²) in [5.41, 5.74) is 6.67. The summed E-state index contributed by atoms with van der Waals surface area (Å²) in [5, 5.41) is 3.17. The van der Waals surface area contributed by atoms with Crippen LogP contribution in [-0.4, -0.2) is 36.5 Å². The second kappa shape index (κ2) is 7.75. The molecular formula is C15H22BrFN4. The standard InChI is InChI=1S/C15H22BrFN4/c1-2-21-5-3-4-14(21)10-20-15(18)19-9-11-6-12(16)8-13(17)7-11/h6-8,14H,2-5,9-10H2,1H3,(H3,18,19,20). The van der Waals surface area contributed by atoms with Crippen LogP contribution in [0.2, 0.25) is 0 Å². The lowest BCUT2D eigenvalue weighted by Crippen LogP contribution is -2.42. The van der Waals surface area contributed by atoms with Crippen LogP contribution in [0.4, 0.5) is 4.39 Å². The highest BCUT2D eigenvalue weighted by Crippen LogP contribution is 2.16. The van der Waals surface area contributed by atoms with Crippen molar-refractivity contribution < 1.29 is 4.39 Å². The van der Waals surface area contributed by atoms with Crippen LogP contribution < -0.4 is 11.1 Å². The Kier molecular flexibility index (Phi) is 5.99. The van der Waals surface area contributed by atoms with Gasteiger partial charge in [-0.2, -0.15) is 0 Å². The van der Waals surface area contributed by atoms with E-state index in [1.807, 2.05) is 6.07 Å². The second-order valence-corrected chi connectivity index (χ2v) is 6.20. The van der Waals surface area contributed by atoms with Crippen LogP contribution in [0, 0.1) is 5.82 Å². The fraction of sp³-hybridized carbons (Fsp3) is 0.533. The first-order valence-corrected chi connectivity index (χ1v) is 8.10. The molecule has 3 N–H and O–H groups in total. The van der Waals surface area contributed by atoms with Gasteiger partial charge < -0.3 is 11.1 Å². The Morgan fingerprint density at radius 3 is 3.05 bits per heavy atom.